The molecule has 3 aromatic rings. The monoisotopic (exact) mass is 494 g/mol. The van der Waals surface area contributed by atoms with E-state index in [4.69, 9.17) is 21.1 Å². The van der Waals surface area contributed by atoms with Crippen molar-refractivity contribution < 1.29 is 22.7 Å². The molecule has 0 radical (unpaired) electrons. The second-order valence-electron chi connectivity index (χ2n) is 6.76. The third-order valence-corrected chi connectivity index (χ3v) is 7.78. The summed E-state index contributed by atoms with van der Waals surface area (Å²) in [6, 6.07) is 13.0. The third-order valence-electron chi connectivity index (χ3n) is 4.56. The number of anilines is 2. The van der Waals surface area contributed by atoms with Gasteiger partial charge in [0.25, 0.3) is 15.9 Å². The van der Waals surface area contributed by atoms with Crippen LogP contribution in [0.3, 0.4) is 0 Å². The van der Waals surface area contributed by atoms with Crippen molar-refractivity contribution in [2.45, 2.75) is 18.7 Å². The standard InChI is InChI=1S/C22H23ClN2O5S2/c1-5-30-18-10-9-17(13-19(18)29-4)25(3)32(27,28)20-11-14(2)31-21(20)22(26)24-16-8-6-7-15(23)12-16/h6-13H,5H2,1-4H3,(H,24,26). The molecule has 170 valence electrons. The molecule has 0 aliphatic rings. The first-order valence-electron chi connectivity index (χ1n) is 9.64. The zero-order chi connectivity index (χ0) is 23.5. The molecule has 32 heavy (non-hydrogen) atoms. The summed E-state index contributed by atoms with van der Waals surface area (Å²) in [7, 11) is -1.13. The fraction of sp³-hybridized carbons (Fsp3) is 0.227. The summed E-state index contributed by atoms with van der Waals surface area (Å²) in [4.78, 5) is 13.6. The van der Waals surface area contributed by atoms with Crippen molar-refractivity contribution in [3.63, 3.8) is 0 Å². The van der Waals surface area contributed by atoms with Crippen LogP contribution in [0.2, 0.25) is 5.02 Å². The van der Waals surface area contributed by atoms with Crippen LogP contribution in [0.5, 0.6) is 11.5 Å². The van der Waals surface area contributed by atoms with Crippen LogP contribution >= 0.6 is 22.9 Å². The van der Waals surface area contributed by atoms with Gasteiger partial charge in [0.15, 0.2) is 11.5 Å². The summed E-state index contributed by atoms with van der Waals surface area (Å²) in [5, 5.41) is 3.17. The molecule has 1 aromatic heterocycles. The van der Waals surface area contributed by atoms with Crippen LogP contribution in [-0.2, 0) is 10.0 Å². The first-order chi connectivity index (χ1) is 15.2. The molecule has 0 saturated carbocycles. The third kappa shape index (κ3) is 5.01. The highest BCUT2D eigenvalue weighted by Crippen LogP contribution is 2.35. The molecule has 0 spiro atoms. The molecule has 3 rings (SSSR count). The van der Waals surface area contributed by atoms with Crippen LogP contribution in [0.1, 0.15) is 21.5 Å². The number of hydrogen-bond acceptors (Lipinski definition) is 6. The van der Waals surface area contributed by atoms with Crippen LogP contribution in [0.4, 0.5) is 11.4 Å². The molecule has 1 heterocycles. The number of nitrogens with one attached hydrogen (secondary N) is 1. The molecular weight excluding hydrogens is 472 g/mol. The summed E-state index contributed by atoms with van der Waals surface area (Å²) >= 11 is 7.08. The van der Waals surface area contributed by atoms with Crippen LogP contribution in [0, 0.1) is 6.92 Å². The quantitative estimate of drug-likeness (QED) is 0.465. The molecule has 7 nitrogen and oxygen atoms in total. The zero-order valence-electron chi connectivity index (χ0n) is 18.0. The highest BCUT2D eigenvalue weighted by atomic mass is 35.5. The maximum absolute atomic E-state index is 13.4. The lowest BCUT2D eigenvalue weighted by molar-refractivity contribution is 0.102. The van der Waals surface area contributed by atoms with Gasteiger partial charge in [-0.1, -0.05) is 17.7 Å². The average Bonchev–Trinajstić information content (AvgIpc) is 3.16. The van der Waals surface area contributed by atoms with E-state index in [2.05, 4.69) is 5.32 Å². The lowest BCUT2D eigenvalue weighted by Crippen LogP contribution is -2.28. The van der Waals surface area contributed by atoms with Crippen LogP contribution in [0.25, 0.3) is 0 Å². The molecule has 0 aliphatic carbocycles. The van der Waals surface area contributed by atoms with E-state index < -0.39 is 15.9 Å². The van der Waals surface area contributed by atoms with Crippen molar-refractivity contribution in [3.05, 3.63) is 63.3 Å². The first-order valence-corrected chi connectivity index (χ1v) is 12.3. The fourth-order valence-corrected chi connectivity index (χ4v) is 5.85. The SMILES string of the molecule is CCOc1ccc(N(C)S(=O)(=O)c2cc(C)sc2C(=O)Nc2cccc(Cl)c2)cc1OC. The number of benzene rings is 2. The Morgan fingerprint density at radius 1 is 1.16 bits per heavy atom. The summed E-state index contributed by atoms with van der Waals surface area (Å²) in [6.45, 7) is 4.04. The largest absolute Gasteiger partial charge is 0.493 e. The predicted octanol–water partition coefficient (Wildman–Crippen LogP) is 5.19. The van der Waals surface area contributed by atoms with Gasteiger partial charge in [0, 0.05) is 28.7 Å². The maximum atomic E-state index is 13.4. The highest BCUT2D eigenvalue weighted by Gasteiger charge is 2.30. The number of hydrogen-bond donors (Lipinski definition) is 1. The molecular formula is C22H23ClN2O5S2. The number of aryl methyl sites for hydroxylation is 1. The average molecular weight is 495 g/mol. The minimum Gasteiger partial charge on any atom is -0.493 e. The Kier molecular flexibility index (Phi) is 7.33. The van der Waals surface area contributed by atoms with Gasteiger partial charge in [0.2, 0.25) is 0 Å². The van der Waals surface area contributed by atoms with Crippen molar-refractivity contribution in [2.75, 3.05) is 30.4 Å². The van der Waals surface area contributed by atoms with Gasteiger partial charge in [-0.15, -0.1) is 11.3 Å². The van der Waals surface area contributed by atoms with E-state index >= 15 is 0 Å². The Balaban J connectivity index is 1.96. The van der Waals surface area contributed by atoms with E-state index in [-0.39, 0.29) is 9.77 Å². The molecule has 10 heteroatoms. The number of methoxy groups -OCH3 is 1. The van der Waals surface area contributed by atoms with Gasteiger partial charge in [-0.05, 0) is 50.2 Å². The Bertz CT molecular complexity index is 1240. The summed E-state index contributed by atoms with van der Waals surface area (Å²) < 4.78 is 38.8. The first kappa shape index (κ1) is 23.9. The number of carbonyl (C=O) groups is 1. The number of amides is 1. The number of ether oxygens (including phenoxy) is 2. The molecule has 0 bridgehead atoms. The lowest BCUT2D eigenvalue weighted by atomic mass is 10.3. The Labute approximate surface area is 196 Å². The van der Waals surface area contributed by atoms with Crippen LogP contribution < -0.4 is 19.1 Å². The van der Waals surface area contributed by atoms with E-state index in [9.17, 15) is 13.2 Å². The van der Waals surface area contributed by atoms with Crippen molar-refractivity contribution in [1.82, 2.24) is 0 Å². The second-order valence-corrected chi connectivity index (χ2v) is 10.4. The number of thiophene rings is 1. The van der Waals surface area contributed by atoms with E-state index in [0.29, 0.717) is 39.4 Å². The fourth-order valence-electron chi connectivity index (χ4n) is 3.01. The van der Waals surface area contributed by atoms with Crippen molar-refractivity contribution >= 4 is 50.2 Å². The molecule has 0 unspecified atom stereocenters. The number of nitrogens with zero attached hydrogens (tertiary/aromatic N) is 1. The molecule has 0 aliphatic heterocycles. The van der Waals surface area contributed by atoms with Gasteiger partial charge in [-0.25, -0.2) is 8.42 Å². The Morgan fingerprint density at radius 2 is 1.91 bits per heavy atom. The second kappa shape index (κ2) is 9.81. The Hall–Kier alpha value is -2.75. The molecule has 0 atom stereocenters. The van der Waals surface area contributed by atoms with E-state index in [1.807, 2.05) is 6.92 Å². The van der Waals surface area contributed by atoms with Gasteiger partial charge in [0.1, 0.15) is 9.77 Å². The minimum atomic E-state index is -4.04. The van der Waals surface area contributed by atoms with Gasteiger partial charge >= 0.3 is 0 Å². The smallest absolute Gasteiger partial charge is 0.267 e. The lowest BCUT2D eigenvalue weighted by Gasteiger charge is -2.21. The number of rotatable bonds is 8. The molecule has 2 aromatic carbocycles. The topological polar surface area (TPSA) is 84.9 Å². The maximum Gasteiger partial charge on any atom is 0.267 e. The normalized spacial score (nSPS) is 11.2. The summed E-state index contributed by atoms with van der Waals surface area (Å²) in [5.41, 5.74) is 0.844. The molecule has 0 fully saturated rings. The highest BCUT2D eigenvalue weighted by molar-refractivity contribution is 7.93. The van der Waals surface area contributed by atoms with Gasteiger partial charge in [-0.2, -0.15) is 0 Å². The zero-order valence-corrected chi connectivity index (χ0v) is 20.4. The van der Waals surface area contributed by atoms with Crippen LogP contribution in [0.15, 0.2) is 53.4 Å². The predicted molar refractivity (Wildman–Crippen MR) is 128 cm³/mol. The number of halogens is 1. The van der Waals surface area contributed by atoms with Gasteiger partial charge in [-0.3, -0.25) is 9.10 Å². The minimum absolute atomic E-state index is 0.0742. The summed E-state index contributed by atoms with van der Waals surface area (Å²) in [6.07, 6.45) is 0. The van der Waals surface area contributed by atoms with E-state index in [1.54, 1.807) is 49.4 Å². The molecule has 0 saturated heterocycles. The van der Waals surface area contributed by atoms with Crippen molar-refractivity contribution in [2.24, 2.45) is 0 Å². The molecule has 1 amide bonds. The van der Waals surface area contributed by atoms with E-state index in [0.717, 1.165) is 15.6 Å². The number of sulfonamides is 1. The van der Waals surface area contributed by atoms with Crippen molar-refractivity contribution in [3.8, 4) is 11.5 Å². The van der Waals surface area contributed by atoms with Crippen LogP contribution in [-0.4, -0.2) is 35.1 Å². The number of carbonyl (C=O) groups excluding carboxylic acids is 1. The van der Waals surface area contributed by atoms with Gasteiger partial charge in [0.05, 0.1) is 19.4 Å². The summed E-state index contributed by atoms with van der Waals surface area (Å²) in [5.74, 6) is 0.394. The Morgan fingerprint density at radius 3 is 2.56 bits per heavy atom. The molecule has 1 N–H and O–H groups in total. The van der Waals surface area contributed by atoms with E-state index in [1.165, 1.54) is 20.2 Å². The van der Waals surface area contributed by atoms with Gasteiger partial charge < -0.3 is 14.8 Å². The van der Waals surface area contributed by atoms with Crippen molar-refractivity contribution in [1.29, 1.82) is 0 Å².